The molecule has 0 spiro atoms. The summed E-state index contributed by atoms with van der Waals surface area (Å²) in [4.78, 5) is 28.9. The van der Waals surface area contributed by atoms with Crippen LogP contribution in [0.1, 0.15) is 10.4 Å². The molecule has 1 aromatic carbocycles. The Morgan fingerprint density at radius 1 is 1.22 bits per heavy atom. The number of nitrogens with zero attached hydrogens (tertiary/aromatic N) is 2. The van der Waals surface area contributed by atoms with Gasteiger partial charge in [-0.25, -0.2) is 4.98 Å². The van der Waals surface area contributed by atoms with Crippen molar-refractivity contribution in [3.63, 3.8) is 0 Å². The van der Waals surface area contributed by atoms with Crippen LogP contribution in [0.4, 0.5) is 5.69 Å². The van der Waals surface area contributed by atoms with E-state index in [1.165, 1.54) is 4.57 Å². The molecule has 0 unspecified atom stereocenters. The van der Waals surface area contributed by atoms with Crippen molar-refractivity contribution in [2.24, 2.45) is 7.05 Å². The van der Waals surface area contributed by atoms with E-state index in [-0.39, 0.29) is 11.1 Å². The predicted octanol–water partition coefficient (Wildman–Crippen LogP) is 2.19. The van der Waals surface area contributed by atoms with Gasteiger partial charge in [0.25, 0.3) is 11.5 Å². The van der Waals surface area contributed by atoms with Crippen LogP contribution in [0.2, 0.25) is 0 Å². The van der Waals surface area contributed by atoms with Gasteiger partial charge in [-0.3, -0.25) is 14.2 Å². The van der Waals surface area contributed by atoms with E-state index < -0.39 is 5.91 Å². The highest BCUT2D eigenvalue weighted by Crippen LogP contribution is 2.16. The van der Waals surface area contributed by atoms with Gasteiger partial charge in [-0.1, -0.05) is 0 Å². The van der Waals surface area contributed by atoms with Crippen molar-refractivity contribution in [1.82, 2.24) is 9.55 Å². The quantitative estimate of drug-likeness (QED) is 0.805. The van der Waals surface area contributed by atoms with Crippen LogP contribution in [0.3, 0.4) is 0 Å². The number of aromatic nitrogens is 2. The van der Waals surface area contributed by atoms with Gasteiger partial charge in [0.1, 0.15) is 17.0 Å². The molecule has 0 atom stereocenters. The van der Waals surface area contributed by atoms with E-state index in [0.717, 1.165) is 5.39 Å². The van der Waals surface area contributed by atoms with E-state index in [4.69, 9.17) is 4.74 Å². The summed E-state index contributed by atoms with van der Waals surface area (Å²) >= 11 is 0. The van der Waals surface area contributed by atoms with E-state index in [9.17, 15) is 9.59 Å². The van der Waals surface area contributed by atoms with Crippen molar-refractivity contribution in [1.29, 1.82) is 0 Å². The monoisotopic (exact) mass is 309 g/mol. The average Bonchev–Trinajstić information content (AvgIpc) is 2.58. The summed E-state index contributed by atoms with van der Waals surface area (Å²) in [5.41, 5.74) is 0.814. The first-order valence-corrected chi connectivity index (χ1v) is 7.00. The third kappa shape index (κ3) is 2.78. The number of rotatable bonds is 3. The highest BCUT2D eigenvalue weighted by Gasteiger charge is 2.14. The van der Waals surface area contributed by atoms with E-state index in [2.05, 4.69) is 10.3 Å². The Balaban J connectivity index is 1.97. The first-order chi connectivity index (χ1) is 11.1. The van der Waals surface area contributed by atoms with Crippen molar-refractivity contribution in [2.75, 3.05) is 12.4 Å². The summed E-state index contributed by atoms with van der Waals surface area (Å²) in [7, 11) is 3.17. The van der Waals surface area contributed by atoms with Gasteiger partial charge in [0, 0.05) is 24.3 Å². The van der Waals surface area contributed by atoms with Crippen LogP contribution < -0.4 is 15.6 Å². The van der Waals surface area contributed by atoms with Gasteiger partial charge in [0.05, 0.1) is 7.11 Å². The minimum atomic E-state index is -0.457. The maximum absolute atomic E-state index is 12.4. The Labute approximate surface area is 132 Å². The summed E-state index contributed by atoms with van der Waals surface area (Å²) in [5.74, 6) is 0.234. The Morgan fingerprint density at radius 3 is 2.65 bits per heavy atom. The van der Waals surface area contributed by atoms with Crippen LogP contribution in [0, 0.1) is 0 Å². The molecule has 6 nitrogen and oxygen atoms in total. The van der Waals surface area contributed by atoms with Crippen LogP contribution in [0.5, 0.6) is 5.75 Å². The first-order valence-electron chi connectivity index (χ1n) is 7.00. The fraction of sp³-hybridized carbons (Fsp3) is 0.118. The summed E-state index contributed by atoms with van der Waals surface area (Å²) in [5, 5.41) is 3.45. The minimum Gasteiger partial charge on any atom is -0.497 e. The van der Waals surface area contributed by atoms with Crippen molar-refractivity contribution in [3.05, 3.63) is 64.6 Å². The summed E-state index contributed by atoms with van der Waals surface area (Å²) < 4.78 is 6.44. The van der Waals surface area contributed by atoms with Crippen molar-refractivity contribution in [3.8, 4) is 5.75 Å². The number of methoxy groups -OCH3 is 1. The second-order valence-electron chi connectivity index (χ2n) is 5.02. The number of anilines is 1. The maximum Gasteiger partial charge on any atom is 0.264 e. The minimum absolute atomic E-state index is 0.0730. The molecule has 6 heteroatoms. The molecule has 0 radical (unpaired) electrons. The zero-order valence-corrected chi connectivity index (χ0v) is 12.7. The molecule has 0 fully saturated rings. The number of carbonyl (C=O) groups is 1. The lowest BCUT2D eigenvalue weighted by Gasteiger charge is -2.09. The standard InChI is InChI=1S/C17H15N3O3/c1-20-15-11(4-3-9-18-15)10-14(17(20)22)16(21)19-12-5-7-13(23-2)8-6-12/h3-10H,1-2H3,(H,19,21). The lowest BCUT2D eigenvalue weighted by atomic mass is 10.2. The fourth-order valence-electron chi connectivity index (χ4n) is 2.33. The Morgan fingerprint density at radius 2 is 1.96 bits per heavy atom. The third-order valence-electron chi connectivity index (χ3n) is 3.56. The van der Waals surface area contributed by atoms with E-state index in [1.54, 1.807) is 56.8 Å². The number of ether oxygens (including phenoxy) is 1. The molecule has 23 heavy (non-hydrogen) atoms. The SMILES string of the molecule is COc1ccc(NC(=O)c2cc3cccnc3n(C)c2=O)cc1. The molecule has 2 aromatic heterocycles. The van der Waals surface area contributed by atoms with Crippen LogP contribution >= 0.6 is 0 Å². The van der Waals surface area contributed by atoms with Crippen LogP contribution in [0.25, 0.3) is 11.0 Å². The third-order valence-corrected chi connectivity index (χ3v) is 3.56. The molecule has 0 bridgehead atoms. The second kappa shape index (κ2) is 5.92. The van der Waals surface area contributed by atoms with E-state index >= 15 is 0 Å². The summed E-state index contributed by atoms with van der Waals surface area (Å²) in [6.07, 6.45) is 1.61. The largest absolute Gasteiger partial charge is 0.497 e. The number of carbonyl (C=O) groups excluding carboxylic acids is 1. The predicted molar refractivity (Wildman–Crippen MR) is 87.9 cm³/mol. The van der Waals surface area contributed by atoms with Gasteiger partial charge in [-0.05, 0) is 42.5 Å². The van der Waals surface area contributed by atoms with Crippen molar-refractivity contribution >= 4 is 22.6 Å². The smallest absolute Gasteiger partial charge is 0.264 e. The number of benzene rings is 1. The fourth-order valence-corrected chi connectivity index (χ4v) is 2.33. The van der Waals surface area contributed by atoms with E-state index in [1.807, 2.05) is 6.07 Å². The molecule has 0 aliphatic carbocycles. The molecule has 3 rings (SSSR count). The Kier molecular flexibility index (Phi) is 3.80. The van der Waals surface area contributed by atoms with Gasteiger partial charge in [-0.15, -0.1) is 0 Å². The number of pyridine rings is 2. The molecule has 0 saturated heterocycles. The van der Waals surface area contributed by atoms with Crippen molar-refractivity contribution in [2.45, 2.75) is 0 Å². The zero-order valence-electron chi connectivity index (χ0n) is 12.7. The van der Waals surface area contributed by atoms with Crippen LogP contribution in [0.15, 0.2) is 53.5 Å². The molecule has 0 aliphatic heterocycles. The topological polar surface area (TPSA) is 73.2 Å². The highest BCUT2D eigenvalue weighted by atomic mass is 16.5. The normalized spacial score (nSPS) is 10.5. The lowest BCUT2D eigenvalue weighted by Crippen LogP contribution is -2.28. The summed E-state index contributed by atoms with van der Waals surface area (Å²) in [6.45, 7) is 0. The molecule has 2 heterocycles. The zero-order chi connectivity index (χ0) is 16.4. The number of amides is 1. The van der Waals surface area contributed by atoms with Crippen LogP contribution in [-0.2, 0) is 7.05 Å². The van der Waals surface area contributed by atoms with Gasteiger partial charge < -0.3 is 10.1 Å². The highest BCUT2D eigenvalue weighted by molar-refractivity contribution is 6.05. The average molecular weight is 309 g/mol. The molecule has 116 valence electrons. The van der Waals surface area contributed by atoms with Gasteiger partial charge >= 0.3 is 0 Å². The number of hydrogen-bond donors (Lipinski definition) is 1. The second-order valence-corrected chi connectivity index (χ2v) is 5.02. The molecule has 1 amide bonds. The first kappa shape index (κ1) is 14.8. The van der Waals surface area contributed by atoms with E-state index in [0.29, 0.717) is 17.1 Å². The maximum atomic E-state index is 12.4. The number of aryl methyl sites for hydroxylation is 1. The van der Waals surface area contributed by atoms with Gasteiger partial charge in [-0.2, -0.15) is 0 Å². The van der Waals surface area contributed by atoms with Crippen molar-refractivity contribution < 1.29 is 9.53 Å². The van der Waals surface area contributed by atoms with Crippen LogP contribution in [-0.4, -0.2) is 22.6 Å². The number of nitrogens with one attached hydrogen (secondary N) is 1. The molecular formula is C17H15N3O3. The Hall–Kier alpha value is -3.15. The number of hydrogen-bond acceptors (Lipinski definition) is 4. The molecule has 3 aromatic rings. The number of fused-ring (bicyclic) bond motifs is 1. The summed E-state index contributed by atoms with van der Waals surface area (Å²) in [6, 6.07) is 12.0. The molecule has 1 N–H and O–H groups in total. The molecular weight excluding hydrogens is 294 g/mol. The van der Waals surface area contributed by atoms with Gasteiger partial charge in [0.2, 0.25) is 0 Å². The Bertz CT molecular complexity index is 930. The van der Waals surface area contributed by atoms with Gasteiger partial charge in [0.15, 0.2) is 0 Å². The molecule has 0 aliphatic rings. The molecule has 0 saturated carbocycles. The lowest BCUT2D eigenvalue weighted by molar-refractivity contribution is 0.102.